The smallest absolute Gasteiger partial charge is 0.240 e. The summed E-state index contributed by atoms with van der Waals surface area (Å²) in [7, 11) is 0. The second-order valence-electron chi connectivity index (χ2n) is 5.88. The van der Waals surface area contributed by atoms with Crippen LogP contribution in [-0.2, 0) is 4.79 Å². The highest BCUT2D eigenvalue weighted by Crippen LogP contribution is 2.22. The first-order chi connectivity index (χ1) is 9.76. The molecule has 0 aromatic rings. The second-order valence-corrected chi connectivity index (χ2v) is 5.88. The summed E-state index contributed by atoms with van der Waals surface area (Å²) in [6, 6.07) is 0.173. The van der Waals surface area contributed by atoms with E-state index in [1.165, 1.54) is 25.0 Å². The third-order valence-electron chi connectivity index (χ3n) is 4.53. The quantitative estimate of drug-likeness (QED) is 0.839. The van der Waals surface area contributed by atoms with Gasteiger partial charge in [-0.25, -0.2) is 0 Å². The lowest BCUT2D eigenvalue weighted by Crippen LogP contribution is -2.48. The fourth-order valence-corrected chi connectivity index (χ4v) is 3.34. The largest absolute Gasteiger partial charge is 0.395 e. The van der Waals surface area contributed by atoms with Crippen LogP contribution in [0.15, 0.2) is 11.8 Å². The van der Waals surface area contributed by atoms with Crippen molar-refractivity contribution in [1.29, 1.82) is 0 Å². The number of likely N-dealkylation sites (tertiary alicyclic amines) is 1. The first-order valence-electron chi connectivity index (χ1n) is 8.10. The van der Waals surface area contributed by atoms with Gasteiger partial charge in [0.1, 0.15) is 0 Å². The van der Waals surface area contributed by atoms with Crippen LogP contribution in [0, 0.1) is 0 Å². The van der Waals surface area contributed by atoms with E-state index in [1.54, 1.807) is 0 Å². The van der Waals surface area contributed by atoms with Gasteiger partial charge in [0.2, 0.25) is 5.91 Å². The average molecular weight is 280 g/mol. The molecule has 1 atom stereocenters. The van der Waals surface area contributed by atoms with Crippen molar-refractivity contribution in [3.63, 3.8) is 0 Å². The van der Waals surface area contributed by atoms with Crippen molar-refractivity contribution in [3.05, 3.63) is 11.8 Å². The predicted octanol–water partition coefficient (Wildman–Crippen LogP) is 2.14. The molecular weight excluding hydrogens is 252 g/mol. The molecule has 0 saturated carbocycles. The highest BCUT2D eigenvalue weighted by molar-refractivity contribution is 5.80. The maximum absolute atomic E-state index is 12.6. The molecule has 1 N–H and O–H groups in total. The standard InChI is InChI=1S/C16H28N2O2/c1-2-18(14-8-4-3-5-9-14)16(20)12-17-11-7-6-10-15(17)13-19/h8,15,19H,2-7,9-13H2,1H3. The number of allylic oxidation sites excluding steroid dienone is 2. The van der Waals surface area contributed by atoms with Gasteiger partial charge in [0.15, 0.2) is 0 Å². The van der Waals surface area contributed by atoms with Crippen molar-refractivity contribution in [2.75, 3.05) is 26.2 Å². The Labute approximate surface area is 122 Å². The van der Waals surface area contributed by atoms with Crippen molar-refractivity contribution >= 4 is 5.91 Å². The Hall–Kier alpha value is -0.870. The van der Waals surface area contributed by atoms with E-state index in [9.17, 15) is 9.90 Å². The summed E-state index contributed by atoms with van der Waals surface area (Å²) in [4.78, 5) is 16.7. The van der Waals surface area contributed by atoms with Crippen LogP contribution >= 0.6 is 0 Å². The zero-order valence-corrected chi connectivity index (χ0v) is 12.7. The van der Waals surface area contributed by atoms with Crippen LogP contribution in [0.1, 0.15) is 51.9 Å². The molecule has 0 spiro atoms. The first kappa shape index (κ1) is 15.5. The molecule has 1 unspecified atom stereocenters. The van der Waals surface area contributed by atoms with E-state index in [4.69, 9.17) is 0 Å². The molecule has 1 fully saturated rings. The van der Waals surface area contributed by atoms with Crippen LogP contribution in [-0.4, -0.2) is 53.1 Å². The fraction of sp³-hybridized carbons (Fsp3) is 0.812. The van der Waals surface area contributed by atoms with Crippen LogP contribution in [0.2, 0.25) is 0 Å². The van der Waals surface area contributed by atoms with Crippen LogP contribution in [0.5, 0.6) is 0 Å². The number of likely N-dealkylation sites (N-methyl/N-ethyl adjacent to an activating group) is 1. The molecule has 20 heavy (non-hydrogen) atoms. The molecule has 0 radical (unpaired) electrons. The lowest BCUT2D eigenvalue weighted by molar-refractivity contribution is -0.131. The minimum atomic E-state index is 0.169. The summed E-state index contributed by atoms with van der Waals surface area (Å²) >= 11 is 0. The molecule has 4 heteroatoms. The fourth-order valence-electron chi connectivity index (χ4n) is 3.34. The first-order valence-corrected chi connectivity index (χ1v) is 8.10. The number of rotatable bonds is 5. The highest BCUT2D eigenvalue weighted by Gasteiger charge is 2.26. The van der Waals surface area contributed by atoms with E-state index in [2.05, 4.69) is 11.0 Å². The van der Waals surface area contributed by atoms with Gasteiger partial charge in [0, 0.05) is 18.3 Å². The molecule has 1 amide bonds. The Morgan fingerprint density at radius 2 is 2.25 bits per heavy atom. The van der Waals surface area contributed by atoms with Gasteiger partial charge >= 0.3 is 0 Å². The second kappa shape index (κ2) is 7.79. The molecule has 4 nitrogen and oxygen atoms in total. The van der Waals surface area contributed by atoms with Crippen molar-refractivity contribution in [2.24, 2.45) is 0 Å². The number of hydrogen-bond acceptors (Lipinski definition) is 3. The van der Waals surface area contributed by atoms with Gasteiger partial charge in [-0.3, -0.25) is 9.69 Å². The van der Waals surface area contributed by atoms with E-state index < -0.39 is 0 Å². The van der Waals surface area contributed by atoms with Crippen molar-refractivity contribution < 1.29 is 9.90 Å². The van der Waals surface area contributed by atoms with Crippen molar-refractivity contribution in [3.8, 4) is 0 Å². The zero-order valence-electron chi connectivity index (χ0n) is 12.7. The minimum Gasteiger partial charge on any atom is -0.395 e. The number of nitrogens with zero attached hydrogens (tertiary/aromatic N) is 2. The summed E-state index contributed by atoms with van der Waals surface area (Å²) < 4.78 is 0. The molecular formula is C16H28N2O2. The highest BCUT2D eigenvalue weighted by atomic mass is 16.3. The molecule has 0 aromatic heterocycles. The van der Waals surface area contributed by atoms with Crippen LogP contribution in [0.3, 0.4) is 0 Å². The molecule has 2 rings (SSSR count). The third kappa shape index (κ3) is 3.83. The summed E-state index contributed by atoms with van der Waals surface area (Å²) in [6.07, 6.45) is 10.1. The van der Waals surface area contributed by atoms with Gasteiger partial charge < -0.3 is 10.0 Å². The number of amides is 1. The van der Waals surface area contributed by atoms with Crippen molar-refractivity contribution in [2.45, 2.75) is 57.9 Å². The summed E-state index contributed by atoms with van der Waals surface area (Å²) in [5.41, 5.74) is 1.21. The number of aliphatic hydroxyl groups is 1. The van der Waals surface area contributed by atoms with Gasteiger partial charge in [0.25, 0.3) is 0 Å². The normalized spacial score (nSPS) is 24.3. The number of piperidine rings is 1. The Morgan fingerprint density at radius 1 is 1.40 bits per heavy atom. The Kier molecular flexibility index (Phi) is 6.05. The molecule has 114 valence electrons. The van der Waals surface area contributed by atoms with E-state index in [0.717, 1.165) is 38.8 Å². The summed E-state index contributed by atoms with van der Waals surface area (Å²) in [5, 5.41) is 9.44. The van der Waals surface area contributed by atoms with Gasteiger partial charge in [0.05, 0.1) is 13.2 Å². The Morgan fingerprint density at radius 3 is 2.90 bits per heavy atom. The monoisotopic (exact) mass is 280 g/mol. The molecule has 1 saturated heterocycles. The van der Waals surface area contributed by atoms with E-state index in [1.807, 2.05) is 11.8 Å². The van der Waals surface area contributed by atoms with E-state index in [0.29, 0.717) is 6.54 Å². The molecule has 2 aliphatic rings. The van der Waals surface area contributed by atoms with E-state index >= 15 is 0 Å². The van der Waals surface area contributed by atoms with Gasteiger partial charge in [-0.05, 0) is 52.0 Å². The lowest BCUT2D eigenvalue weighted by atomic mass is 10.0. The number of hydrogen-bond donors (Lipinski definition) is 1. The SMILES string of the molecule is CCN(C(=O)CN1CCCCC1CO)C1=CCCCC1. The maximum Gasteiger partial charge on any atom is 0.240 e. The van der Waals surface area contributed by atoms with Crippen LogP contribution in [0.4, 0.5) is 0 Å². The Bertz CT molecular complexity index is 354. The lowest BCUT2D eigenvalue weighted by Gasteiger charge is -2.36. The van der Waals surface area contributed by atoms with Crippen LogP contribution in [0.25, 0.3) is 0 Å². The number of carbonyl (C=O) groups excluding carboxylic acids is 1. The average Bonchev–Trinajstić information content (AvgIpc) is 2.49. The molecule has 0 aromatic carbocycles. The Balaban J connectivity index is 1.96. The summed E-state index contributed by atoms with van der Waals surface area (Å²) in [5.74, 6) is 0.195. The zero-order chi connectivity index (χ0) is 14.4. The third-order valence-corrected chi connectivity index (χ3v) is 4.53. The molecule has 1 aliphatic heterocycles. The van der Waals surface area contributed by atoms with Gasteiger partial charge in [-0.1, -0.05) is 12.5 Å². The van der Waals surface area contributed by atoms with Crippen molar-refractivity contribution in [1.82, 2.24) is 9.80 Å². The minimum absolute atomic E-state index is 0.169. The molecule has 0 bridgehead atoms. The van der Waals surface area contributed by atoms with E-state index in [-0.39, 0.29) is 18.6 Å². The topological polar surface area (TPSA) is 43.8 Å². The summed E-state index contributed by atoms with van der Waals surface area (Å²) in [6.45, 7) is 4.36. The van der Waals surface area contributed by atoms with Crippen LogP contribution < -0.4 is 0 Å². The van der Waals surface area contributed by atoms with Gasteiger partial charge in [-0.2, -0.15) is 0 Å². The molecule has 1 heterocycles. The van der Waals surface area contributed by atoms with Gasteiger partial charge in [-0.15, -0.1) is 0 Å². The predicted molar refractivity (Wildman–Crippen MR) is 80.2 cm³/mol. The maximum atomic E-state index is 12.6. The number of aliphatic hydroxyl groups excluding tert-OH is 1. The number of carbonyl (C=O) groups is 1. The molecule has 1 aliphatic carbocycles.